The van der Waals surface area contributed by atoms with E-state index in [2.05, 4.69) is 58.9 Å². The van der Waals surface area contributed by atoms with Crippen LogP contribution < -0.4 is 21.3 Å². The van der Waals surface area contributed by atoms with Gasteiger partial charge >= 0.3 is 6.03 Å². The van der Waals surface area contributed by atoms with Crippen molar-refractivity contribution in [2.75, 3.05) is 29.0 Å². The number of carbonyl (C=O) groups is 1. The van der Waals surface area contributed by atoms with Crippen molar-refractivity contribution in [1.82, 2.24) is 15.3 Å². The zero-order valence-corrected chi connectivity index (χ0v) is 19.4. The van der Waals surface area contributed by atoms with Crippen LogP contribution in [0.3, 0.4) is 0 Å². The Morgan fingerprint density at radius 3 is 2.19 bits per heavy atom. The summed E-state index contributed by atoms with van der Waals surface area (Å²) < 4.78 is 0. The fourth-order valence-corrected chi connectivity index (χ4v) is 3.08. The normalized spacial score (nSPS) is 11.0. The molecule has 0 radical (unpaired) electrons. The van der Waals surface area contributed by atoms with Gasteiger partial charge in [0, 0.05) is 36.2 Å². The summed E-state index contributed by atoms with van der Waals surface area (Å²) in [5.41, 5.74) is 5.09. The van der Waals surface area contributed by atoms with Crippen molar-refractivity contribution in [3.05, 3.63) is 71.4 Å². The van der Waals surface area contributed by atoms with Gasteiger partial charge in [-0.3, -0.25) is 0 Å². The van der Waals surface area contributed by atoms with Crippen LogP contribution in [0.25, 0.3) is 0 Å². The third-order valence-electron chi connectivity index (χ3n) is 4.88. The largest absolute Gasteiger partial charge is 0.352 e. The molecule has 0 aliphatic heterocycles. The van der Waals surface area contributed by atoms with Gasteiger partial charge in [0.25, 0.3) is 0 Å². The van der Waals surface area contributed by atoms with Crippen LogP contribution in [-0.2, 0) is 5.41 Å². The van der Waals surface area contributed by atoms with Gasteiger partial charge in [0.15, 0.2) is 0 Å². The number of amides is 2. The zero-order valence-electron chi connectivity index (χ0n) is 19.4. The minimum absolute atomic E-state index is 0.0832. The van der Waals surface area contributed by atoms with Gasteiger partial charge in [-0.15, -0.1) is 0 Å². The van der Waals surface area contributed by atoms with E-state index < -0.39 is 0 Å². The zero-order chi connectivity index (χ0) is 23.1. The van der Waals surface area contributed by atoms with Crippen molar-refractivity contribution >= 4 is 29.2 Å². The van der Waals surface area contributed by atoms with Crippen molar-refractivity contribution in [3.63, 3.8) is 0 Å². The lowest BCUT2D eigenvalue weighted by Crippen LogP contribution is -2.32. The third-order valence-corrected chi connectivity index (χ3v) is 4.88. The van der Waals surface area contributed by atoms with Gasteiger partial charge in [-0.2, -0.15) is 4.98 Å². The maximum Gasteiger partial charge on any atom is 0.319 e. The van der Waals surface area contributed by atoms with E-state index in [9.17, 15) is 4.79 Å². The maximum absolute atomic E-state index is 12.1. The van der Waals surface area contributed by atoms with Crippen molar-refractivity contribution < 1.29 is 4.79 Å². The van der Waals surface area contributed by atoms with Crippen LogP contribution >= 0.6 is 0 Å². The summed E-state index contributed by atoms with van der Waals surface area (Å²) in [6.07, 6.45) is 0. The van der Waals surface area contributed by atoms with Gasteiger partial charge in [-0.05, 0) is 49.1 Å². The van der Waals surface area contributed by atoms with Gasteiger partial charge in [0.1, 0.15) is 5.82 Å². The Morgan fingerprint density at radius 1 is 0.875 bits per heavy atom. The van der Waals surface area contributed by atoms with E-state index in [-0.39, 0.29) is 11.4 Å². The number of aryl methyl sites for hydroxylation is 2. The Kier molecular flexibility index (Phi) is 7.30. The van der Waals surface area contributed by atoms with Gasteiger partial charge in [-0.1, -0.05) is 50.6 Å². The summed E-state index contributed by atoms with van der Waals surface area (Å²) in [7, 11) is 0. The van der Waals surface area contributed by atoms with Gasteiger partial charge < -0.3 is 21.3 Å². The molecule has 2 amide bonds. The van der Waals surface area contributed by atoms with Crippen LogP contribution in [0.5, 0.6) is 0 Å². The van der Waals surface area contributed by atoms with Crippen molar-refractivity contribution in [2.24, 2.45) is 0 Å². The van der Waals surface area contributed by atoms with Crippen LogP contribution in [0.1, 0.15) is 37.6 Å². The molecule has 4 N–H and O–H groups in total. The lowest BCUT2D eigenvalue weighted by atomic mass is 9.87. The SMILES string of the molecule is Cc1ccc(Nc2cc(C)nc(NCCNC(=O)Nc3ccc(C(C)(C)C)cc3)n2)cc1. The fourth-order valence-electron chi connectivity index (χ4n) is 3.08. The molecule has 0 unspecified atom stereocenters. The highest BCUT2D eigenvalue weighted by atomic mass is 16.2. The molecule has 3 aromatic rings. The van der Waals surface area contributed by atoms with E-state index in [1.54, 1.807) is 0 Å². The standard InChI is InChI=1S/C25H32N6O/c1-17-6-10-20(11-7-17)29-22-16-18(2)28-23(31-22)26-14-15-27-24(32)30-21-12-8-19(9-13-21)25(3,4)5/h6-13,16H,14-15H2,1-5H3,(H2,27,30,32)(H2,26,28,29,31). The number of benzene rings is 2. The summed E-state index contributed by atoms with van der Waals surface area (Å²) in [4.78, 5) is 21.1. The number of carbonyl (C=O) groups excluding carboxylic acids is 1. The Labute approximate surface area is 190 Å². The summed E-state index contributed by atoms with van der Waals surface area (Å²) in [6, 6.07) is 17.7. The molecule has 32 heavy (non-hydrogen) atoms. The maximum atomic E-state index is 12.1. The smallest absolute Gasteiger partial charge is 0.319 e. The molecule has 0 spiro atoms. The lowest BCUT2D eigenvalue weighted by Gasteiger charge is -2.19. The van der Waals surface area contributed by atoms with Crippen LogP contribution in [0.2, 0.25) is 0 Å². The molecule has 7 nitrogen and oxygen atoms in total. The topological polar surface area (TPSA) is 91.0 Å². The van der Waals surface area contributed by atoms with Gasteiger partial charge in [0.2, 0.25) is 5.95 Å². The highest BCUT2D eigenvalue weighted by molar-refractivity contribution is 5.89. The molecule has 3 rings (SSSR count). The second-order valence-electron chi connectivity index (χ2n) is 8.84. The fraction of sp³-hybridized carbons (Fsp3) is 0.320. The lowest BCUT2D eigenvalue weighted by molar-refractivity contribution is 0.252. The Balaban J connectivity index is 1.46. The highest BCUT2D eigenvalue weighted by Crippen LogP contribution is 2.23. The molecular weight excluding hydrogens is 400 g/mol. The molecule has 0 saturated heterocycles. The number of hydrogen-bond donors (Lipinski definition) is 4. The number of aromatic nitrogens is 2. The van der Waals surface area contributed by atoms with Crippen molar-refractivity contribution in [1.29, 1.82) is 0 Å². The van der Waals surface area contributed by atoms with E-state index in [0.717, 1.165) is 17.1 Å². The van der Waals surface area contributed by atoms with E-state index in [1.165, 1.54) is 11.1 Å². The number of nitrogens with zero attached hydrogens (tertiary/aromatic N) is 2. The van der Waals surface area contributed by atoms with Crippen LogP contribution in [0.15, 0.2) is 54.6 Å². The average Bonchev–Trinajstić information content (AvgIpc) is 2.72. The molecule has 168 valence electrons. The van der Waals surface area contributed by atoms with Crippen molar-refractivity contribution in [3.8, 4) is 0 Å². The highest BCUT2D eigenvalue weighted by Gasteiger charge is 2.13. The molecule has 0 atom stereocenters. The summed E-state index contributed by atoms with van der Waals surface area (Å²) >= 11 is 0. The number of anilines is 4. The predicted molar refractivity (Wildman–Crippen MR) is 132 cm³/mol. The molecule has 0 bridgehead atoms. The van der Waals surface area contributed by atoms with E-state index in [0.29, 0.717) is 24.9 Å². The van der Waals surface area contributed by atoms with Crippen LogP contribution in [0, 0.1) is 13.8 Å². The summed E-state index contributed by atoms with van der Waals surface area (Å²) in [5.74, 6) is 1.23. The number of rotatable bonds is 7. The van der Waals surface area contributed by atoms with Crippen LogP contribution in [0.4, 0.5) is 27.9 Å². The van der Waals surface area contributed by atoms with Crippen molar-refractivity contribution in [2.45, 2.75) is 40.0 Å². The van der Waals surface area contributed by atoms with E-state index >= 15 is 0 Å². The first-order valence-electron chi connectivity index (χ1n) is 10.8. The number of nitrogens with one attached hydrogen (secondary N) is 4. The first-order chi connectivity index (χ1) is 15.2. The first kappa shape index (κ1) is 23.1. The Bertz CT molecular complexity index is 1040. The Hall–Kier alpha value is -3.61. The second kappa shape index (κ2) is 10.1. The quantitative estimate of drug-likeness (QED) is 0.377. The second-order valence-corrected chi connectivity index (χ2v) is 8.84. The molecule has 0 aliphatic rings. The molecule has 1 heterocycles. The molecular formula is C25H32N6O. The first-order valence-corrected chi connectivity index (χ1v) is 10.8. The molecule has 0 saturated carbocycles. The molecule has 1 aromatic heterocycles. The summed E-state index contributed by atoms with van der Waals surface area (Å²) in [5, 5.41) is 12.1. The minimum atomic E-state index is -0.248. The average molecular weight is 433 g/mol. The van der Waals surface area contributed by atoms with Gasteiger partial charge in [-0.25, -0.2) is 9.78 Å². The number of urea groups is 1. The van der Waals surface area contributed by atoms with E-state index in [1.807, 2.05) is 61.5 Å². The summed E-state index contributed by atoms with van der Waals surface area (Å²) in [6.45, 7) is 11.4. The molecule has 7 heteroatoms. The minimum Gasteiger partial charge on any atom is -0.352 e. The molecule has 2 aromatic carbocycles. The Morgan fingerprint density at radius 2 is 1.53 bits per heavy atom. The van der Waals surface area contributed by atoms with E-state index in [4.69, 9.17) is 0 Å². The van der Waals surface area contributed by atoms with Gasteiger partial charge in [0.05, 0.1) is 0 Å². The van der Waals surface area contributed by atoms with Crippen LogP contribution in [-0.4, -0.2) is 29.1 Å². The molecule has 0 aliphatic carbocycles. The number of hydrogen-bond acceptors (Lipinski definition) is 5. The molecule has 0 fully saturated rings. The monoisotopic (exact) mass is 432 g/mol. The predicted octanol–water partition coefficient (Wildman–Crippen LogP) is 5.37. The third kappa shape index (κ3) is 6.97.